The predicted octanol–water partition coefficient (Wildman–Crippen LogP) is 1.77. The Morgan fingerprint density at radius 1 is 0.727 bits per heavy atom. The summed E-state index contributed by atoms with van der Waals surface area (Å²) in [6.45, 7) is 27.6. The van der Waals surface area contributed by atoms with Crippen molar-refractivity contribution in [3.63, 3.8) is 0 Å². The predicted molar refractivity (Wildman–Crippen MR) is 475 cm³/mol. The Morgan fingerprint density at radius 2 is 1.31 bits per heavy atom. The zero-order valence-electron chi connectivity index (χ0n) is 76.0. The molecule has 44 heteroatoms. The largest absolute Gasteiger partial charge is 3.00 e. The minimum Gasteiger partial charge on any atom is -0.756 e. The number of rotatable bonds is 33. The molecule has 2 fully saturated rings. The molecule has 0 saturated carbocycles. The summed E-state index contributed by atoms with van der Waals surface area (Å²) >= 11 is 0. The van der Waals surface area contributed by atoms with Crippen molar-refractivity contribution in [1.82, 2.24) is 39.4 Å². The first-order valence-corrected chi connectivity index (χ1v) is 44.1. The second-order valence-corrected chi connectivity index (χ2v) is 37.3. The van der Waals surface area contributed by atoms with Crippen molar-refractivity contribution in [1.29, 1.82) is 5.26 Å². The number of aliphatic imine (C=N–C) groups is 3. The summed E-state index contributed by atoms with van der Waals surface area (Å²) in [4.78, 5) is 166. The standard InChI is InChI=1S/C62H90N13O14P.C17H20N4O6.C8H11NO3.CN.Co/c1-29-20-39-40(21-30(29)2)75(28-70-39)57-52(84)53(41(27-76)87-57)89-90(85,86)88-31(3)26-69-49(83)18-19-59(8)37(22-46(66)80)56-62(11)61(10,25-48(68)82)36(14-17-45(65)79)51(74-62)33(5)55-60(9,24-47(67)81)34(12-15-43(63)77)38(71-55)23-42-58(6,7)35(13-16-44(64)78)50(72-42)32(4)54(59)73-56;1-7-3-9-10(4-8(7)2)21(5-11(23)14(25)12(24)6-22)15-13(18-9)16(26)20-17(27)19-15;1-5-8(12)7(4-11)6(3-10)2-9-5;1-2;/h20-21,23,28,31,34-37,41,52-53,56-57,76,84H,12-19,22,24-27H2,1-11H3,(H15,63,64,65,66,67,68,69,71,72,73,74,77,78,79,80,81,82,83,85,86);3-4,11-12,14,22-25H,5-6H2,1-2H3,(H,20,26,27);2,10-12H,3-4H2,1H3;;/q;;;-1;+3/p-2/t31-,34+,35+,36+,37-,41+,52+,53+,56+,57-,59+,60-,61-,62-;11-,12+,14-;;;/m00.../s1. The molecule has 0 radical (unpaired) electrons. The Kier molecular flexibility index (Phi) is 34.4. The van der Waals surface area contributed by atoms with Gasteiger partial charge >= 0.3 is 22.5 Å². The van der Waals surface area contributed by atoms with Gasteiger partial charge in [0.1, 0.15) is 42.4 Å². The number of primary amides is 6. The number of aliphatic hydroxyl groups excluding tert-OH is 8. The minimum absolute atomic E-state index is 0. The summed E-state index contributed by atoms with van der Waals surface area (Å²) < 4.78 is 33.3. The van der Waals surface area contributed by atoms with Crippen molar-refractivity contribution in [2.45, 2.75) is 248 Å². The van der Waals surface area contributed by atoms with Crippen LogP contribution in [0.5, 0.6) is 5.75 Å². The average molecular weight is 1900 g/mol. The van der Waals surface area contributed by atoms with Crippen molar-refractivity contribution in [2.24, 2.45) is 94.7 Å². The topological polar surface area (TPSA) is 724 Å². The molecule has 12 rings (SSSR count). The number of phosphoric acid groups is 1. The number of aromatic hydroxyl groups is 1. The number of nitrogens with zero attached hydrogens (tertiary/aromatic N) is 11. The Balaban J connectivity index is 0.000000416. The molecule has 18 atom stereocenters. The van der Waals surface area contributed by atoms with E-state index in [1.54, 1.807) is 26.0 Å². The van der Waals surface area contributed by atoms with Crippen molar-refractivity contribution >= 4 is 88.4 Å². The fourth-order valence-electron chi connectivity index (χ4n) is 19.2. The number of hydrogen-bond acceptors (Lipinski definition) is 31. The quantitative estimate of drug-likeness (QED) is 0.0159. The molecule has 42 nitrogen and oxygen atoms in total. The molecule has 7 amide bonds. The number of aryl methyl sites for hydroxylation is 5. The number of nitrogens with one attached hydrogen (secondary N) is 2. The molecule has 8 aliphatic heterocycles. The average Bonchev–Trinajstić information content (AvgIpc) is 1.52. The molecule has 10 heterocycles. The summed E-state index contributed by atoms with van der Waals surface area (Å²) in [5.41, 5.74) is 39.0. The van der Waals surface area contributed by atoms with E-state index in [0.29, 0.717) is 84.3 Å². The Hall–Kier alpha value is -10.8. The van der Waals surface area contributed by atoms with E-state index >= 15 is 0 Å². The van der Waals surface area contributed by atoms with Crippen molar-refractivity contribution in [3.8, 4) is 17.3 Å². The van der Waals surface area contributed by atoms with Crippen LogP contribution >= 0.6 is 7.82 Å². The summed E-state index contributed by atoms with van der Waals surface area (Å²) in [5, 5.41) is 102. The van der Waals surface area contributed by atoms with E-state index in [-0.39, 0.29) is 131 Å². The molecule has 23 N–H and O–H groups in total. The molecule has 4 aromatic rings. The summed E-state index contributed by atoms with van der Waals surface area (Å²) in [6, 6.07) is 6.19. The zero-order valence-corrected chi connectivity index (χ0v) is 77.9. The maximum atomic E-state index is 14.4. The third-order valence-electron chi connectivity index (χ3n) is 26.8. The molecule has 1 unspecified atom stereocenters. The fraction of sp³-hybridized carbons (Fsp3) is 0.557. The molecule has 2 aromatic heterocycles. The maximum absolute atomic E-state index is 14.4. The van der Waals surface area contributed by atoms with E-state index in [1.165, 1.54) is 28.6 Å². The van der Waals surface area contributed by atoms with Crippen LogP contribution in [-0.4, -0.2) is 213 Å². The van der Waals surface area contributed by atoms with Crippen LogP contribution in [0.2, 0.25) is 0 Å². The van der Waals surface area contributed by atoms with Crippen LogP contribution in [0.1, 0.15) is 178 Å². The van der Waals surface area contributed by atoms with E-state index in [9.17, 15) is 83.2 Å². The van der Waals surface area contributed by atoms with Crippen LogP contribution in [0.3, 0.4) is 0 Å². The first-order valence-electron chi connectivity index (χ1n) is 42.6. The van der Waals surface area contributed by atoms with Gasteiger partial charge in [-0.15, -0.1) is 0 Å². The van der Waals surface area contributed by atoms with Gasteiger partial charge in [0, 0.05) is 126 Å². The molecule has 132 heavy (non-hydrogen) atoms. The van der Waals surface area contributed by atoms with Crippen molar-refractivity contribution in [3.05, 3.63) is 143 Å². The molecule has 718 valence electrons. The van der Waals surface area contributed by atoms with Crippen molar-refractivity contribution < 1.29 is 120 Å². The Morgan fingerprint density at radius 3 is 1.88 bits per heavy atom. The number of aromatic amines is 1. The number of carbonyl (C=O) groups is 7. The number of pyridine rings is 1. The molecule has 8 bridgehead atoms. The van der Waals surface area contributed by atoms with Crippen LogP contribution in [0.4, 0.5) is 0 Å². The molecule has 2 aromatic carbocycles. The summed E-state index contributed by atoms with van der Waals surface area (Å²) in [5.74, 6) is -7.49. The van der Waals surface area contributed by atoms with Gasteiger partial charge in [0.15, 0.2) is 17.7 Å². The molecule has 8 aliphatic rings. The van der Waals surface area contributed by atoms with Gasteiger partial charge in [-0.25, -0.2) is 14.8 Å². The number of nitrogens with two attached hydrogens (primary N) is 6. The first-order chi connectivity index (χ1) is 61.3. The zero-order chi connectivity index (χ0) is 97.7. The number of fused-ring (bicyclic) bond motifs is 9. The molecule has 0 aliphatic carbocycles. The van der Waals surface area contributed by atoms with Crippen LogP contribution in [0.15, 0.2) is 95.7 Å². The van der Waals surface area contributed by atoms with E-state index < -0.39 is 180 Å². The number of hydrogen-bond donors (Lipinski definition) is 17. The van der Waals surface area contributed by atoms with E-state index in [1.807, 2.05) is 94.4 Å². The number of aliphatic hydroxyl groups is 8. The number of ether oxygens (including phenoxy) is 1. The normalized spacial score (nSPS) is 27.4. The molecular formula is C88H119CoN19O23P. The van der Waals surface area contributed by atoms with Gasteiger partial charge < -0.3 is 131 Å². The van der Waals surface area contributed by atoms with Gasteiger partial charge in [0.05, 0.1) is 84.4 Å². The number of phosphoric ester groups is 1. The van der Waals surface area contributed by atoms with Gasteiger partial charge in [0.2, 0.25) is 41.4 Å². The Labute approximate surface area is 771 Å². The van der Waals surface area contributed by atoms with Gasteiger partial charge in [-0.2, -0.15) is 10.7 Å². The third-order valence-corrected chi connectivity index (χ3v) is 27.9. The molecule has 0 spiro atoms. The SMILES string of the molecule is C/C1=C2/[N-][C@H]([C@H](CC(N)=O)[C@@]2(C)CCC(=O)NC[C@H](C)OP(=O)([O-])O[C@H]2[C@@H](O)[C@@H](n3cnc4cc(C)c(C)cc43)O[C@@H]2CO)[C@]2(C)N=C(/C(C)=C3N=C(/C=C4N=C1[C@@H](CCC(N)=O)C\4(C)C)[C@@H](CCC(N)=O)[C@]\3(C)CC(N)=O)[C@@H](CCC(N)=O)[C@]2(C)CC(N)=O.Cc1cc2nc3c(=O)[nH]c(=O)nc-3n(C[C@H](O)[C@H](O)[C@H](O)CO)c2cc1C.Cc1ncc(CO)c(CO)c1O.[C-]#N.[Co+3]. The first kappa shape index (κ1) is 107. The van der Waals surface area contributed by atoms with Crippen LogP contribution in [0, 0.1) is 91.8 Å². The fourth-order valence-corrected chi connectivity index (χ4v) is 20.3. The second-order valence-electron chi connectivity index (χ2n) is 36.0. The molecular weight excluding hydrogens is 1780 g/mol. The van der Waals surface area contributed by atoms with Gasteiger partial charge in [-0.3, -0.25) is 67.9 Å². The number of benzene rings is 2. The van der Waals surface area contributed by atoms with Crippen LogP contribution in [-0.2, 0) is 88.4 Å². The van der Waals surface area contributed by atoms with E-state index in [2.05, 4.69) is 30.2 Å². The number of imidazole rings is 1. The van der Waals surface area contributed by atoms with Gasteiger partial charge in [-0.05, 0) is 163 Å². The number of aromatic nitrogens is 7. The number of H-pyrrole nitrogens is 1. The summed E-state index contributed by atoms with van der Waals surface area (Å²) in [6.07, 6.45) is -8.02. The van der Waals surface area contributed by atoms with Crippen molar-refractivity contribution in [2.75, 3.05) is 19.8 Å². The van der Waals surface area contributed by atoms with Crippen LogP contribution in [0.25, 0.3) is 38.9 Å². The minimum atomic E-state index is -5.32. The second kappa shape index (κ2) is 42.6. The summed E-state index contributed by atoms with van der Waals surface area (Å²) in [7, 11) is -5.32. The monoisotopic (exact) mass is 1900 g/mol. The number of amides is 7. The smallest absolute Gasteiger partial charge is 0.756 e. The van der Waals surface area contributed by atoms with E-state index in [0.717, 1.165) is 22.3 Å². The number of allylic oxidation sites excluding steroid dienone is 6. The third kappa shape index (κ3) is 22.0. The van der Waals surface area contributed by atoms with Crippen LogP contribution < -0.4 is 55.9 Å². The van der Waals surface area contributed by atoms with Gasteiger partial charge in [0.25, 0.3) is 13.4 Å². The Bertz CT molecular complexity index is 5790. The maximum Gasteiger partial charge on any atom is 3.00 e. The van der Waals surface area contributed by atoms with E-state index in [4.69, 9.17) is 95.6 Å². The molecule has 2 saturated heterocycles. The number of carbonyl (C=O) groups excluding carboxylic acids is 7. The van der Waals surface area contributed by atoms with Gasteiger partial charge in [-0.1, -0.05) is 40.7 Å².